The third-order valence-electron chi connectivity index (χ3n) is 3.56. The Hall–Kier alpha value is -1.32. The second kappa shape index (κ2) is 12.9. The van der Waals surface area contributed by atoms with E-state index in [9.17, 15) is 0 Å². The third kappa shape index (κ3) is 7.92. The molecule has 1 aromatic heterocycles. The molecule has 26 heavy (non-hydrogen) atoms. The zero-order valence-corrected chi connectivity index (χ0v) is 18.7. The van der Waals surface area contributed by atoms with Crippen molar-refractivity contribution in [3.05, 3.63) is 51.7 Å². The van der Waals surface area contributed by atoms with Gasteiger partial charge in [0.1, 0.15) is 12.4 Å². The van der Waals surface area contributed by atoms with Crippen molar-refractivity contribution in [1.82, 2.24) is 10.6 Å². The van der Waals surface area contributed by atoms with Crippen LogP contribution in [0.1, 0.15) is 23.6 Å². The number of rotatable bonds is 9. The molecule has 144 valence electrons. The van der Waals surface area contributed by atoms with Gasteiger partial charge in [-0.1, -0.05) is 12.1 Å². The van der Waals surface area contributed by atoms with E-state index >= 15 is 0 Å². The first-order chi connectivity index (χ1) is 12.2. The fourth-order valence-corrected chi connectivity index (χ4v) is 2.91. The van der Waals surface area contributed by atoms with E-state index in [1.54, 1.807) is 18.4 Å². The van der Waals surface area contributed by atoms with E-state index in [4.69, 9.17) is 9.47 Å². The van der Waals surface area contributed by atoms with Crippen molar-refractivity contribution in [2.75, 3.05) is 26.9 Å². The Morgan fingerprint density at radius 2 is 2.04 bits per heavy atom. The van der Waals surface area contributed by atoms with Crippen LogP contribution in [0.15, 0.2) is 40.0 Å². The highest BCUT2D eigenvalue weighted by atomic mass is 127. The Balaban J connectivity index is 0.00000338. The Labute approximate surface area is 177 Å². The maximum atomic E-state index is 5.85. The molecule has 0 aliphatic carbocycles. The predicted octanol–water partition coefficient (Wildman–Crippen LogP) is 3.96. The van der Waals surface area contributed by atoms with Crippen LogP contribution in [0.5, 0.6) is 5.75 Å². The number of hydrogen-bond donors (Lipinski definition) is 2. The van der Waals surface area contributed by atoms with E-state index in [0.29, 0.717) is 26.3 Å². The van der Waals surface area contributed by atoms with Gasteiger partial charge in [-0.05, 0) is 47.9 Å². The van der Waals surface area contributed by atoms with Crippen molar-refractivity contribution >= 4 is 41.3 Å². The van der Waals surface area contributed by atoms with Crippen LogP contribution in [-0.4, -0.2) is 32.8 Å². The van der Waals surface area contributed by atoms with E-state index in [0.717, 1.165) is 23.8 Å². The minimum Gasteiger partial charge on any atom is -0.491 e. The predicted molar refractivity (Wildman–Crippen MR) is 120 cm³/mol. The molecule has 0 atom stereocenters. The highest BCUT2D eigenvalue weighted by Crippen LogP contribution is 2.20. The van der Waals surface area contributed by atoms with Gasteiger partial charge in [-0.25, -0.2) is 4.99 Å². The molecule has 2 rings (SSSR count). The van der Waals surface area contributed by atoms with Crippen LogP contribution in [0.2, 0.25) is 0 Å². The topological polar surface area (TPSA) is 54.9 Å². The Morgan fingerprint density at radius 3 is 2.73 bits per heavy atom. The van der Waals surface area contributed by atoms with Crippen LogP contribution in [0.3, 0.4) is 0 Å². The summed E-state index contributed by atoms with van der Waals surface area (Å²) >= 11 is 1.69. The average Bonchev–Trinajstić information content (AvgIpc) is 3.12. The first kappa shape index (κ1) is 22.7. The second-order valence-corrected chi connectivity index (χ2v) is 6.41. The summed E-state index contributed by atoms with van der Waals surface area (Å²) in [6, 6.07) is 8.34. The summed E-state index contributed by atoms with van der Waals surface area (Å²) in [5.41, 5.74) is 3.50. The lowest BCUT2D eigenvalue weighted by Gasteiger charge is -2.15. The highest BCUT2D eigenvalue weighted by Gasteiger charge is 2.06. The van der Waals surface area contributed by atoms with Gasteiger partial charge in [-0.3, -0.25) is 0 Å². The molecule has 0 saturated heterocycles. The number of aryl methyl sites for hydroxylation is 1. The number of thiophene rings is 1. The molecule has 2 N–H and O–H groups in total. The summed E-state index contributed by atoms with van der Waals surface area (Å²) in [5.74, 6) is 1.69. The lowest BCUT2D eigenvalue weighted by atomic mass is 10.1. The molecule has 7 heteroatoms. The smallest absolute Gasteiger partial charge is 0.191 e. The number of methoxy groups -OCH3 is 1. The molecule has 0 unspecified atom stereocenters. The third-order valence-corrected chi connectivity index (χ3v) is 4.29. The maximum Gasteiger partial charge on any atom is 0.191 e. The summed E-state index contributed by atoms with van der Waals surface area (Å²) in [5, 5.41) is 10.9. The van der Waals surface area contributed by atoms with Gasteiger partial charge in [-0.15, -0.1) is 24.0 Å². The summed E-state index contributed by atoms with van der Waals surface area (Å²) < 4.78 is 10.9. The van der Waals surface area contributed by atoms with E-state index in [1.807, 2.05) is 0 Å². The van der Waals surface area contributed by atoms with E-state index in [-0.39, 0.29) is 24.0 Å². The summed E-state index contributed by atoms with van der Waals surface area (Å²) in [6.45, 7) is 7.38. The van der Waals surface area contributed by atoms with Gasteiger partial charge in [0.05, 0.1) is 13.2 Å². The zero-order valence-electron chi connectivity index (χ0n) is 15.6. The van der Waals surface area contributed by atoms with Crippen molar-refractivity contribution in [2.45, 2.75) is 26.9 Å². The van der Waals surface area contributed by atoms with Gasteiger partial charge >= 0.3 is 0 Å². The van der Waals surface area contributed by atoms with Crippen molar-refractivity contribution in [3.63, 3.8) is 0 Å². The van der Waals surface area contributed by atoms with Crippen LogP contribution >= 0.6 is 35.3 Å². The molecule has 0 bridgehead atoms. The maximum absolute atomic E-state index is 5.85. The number of guanidine groups is 1. The fraction of sp³-hybridized carbons (Fsp3) is 0.421. The fourth-order valence-electron chi connectivity index (χ4n) is 2.25. The van der Waals surface area contributed by atoms with Gasteiger partial charge in [0, 0.05) is 25.8 Å². The largest absolute Gasteiger partial charge is 0.491 e. The molecule has 1 aromatic carbocycles. The standard InChI is InChI=1S/C19H27N3O2S.HI/c1-4-20-19(21-12-16-7-10-25-14-16)22-13-17-6-5-15(2)11-18(17)24-9-8-23-3;/h5-7,10-11,14H,4,8-9,12-13H2,1-3H3,(H2,20,21,22);1H. The number of ether oxygens (including phenoxy) is 2. The molecule has 2 aromatic rings. The van der Waals surface area contributed by atoms with Crippen LogP contribution in [0.25, 0.3) is 0 Å². The minimum absolute atomic E-state index is 0. The van der Waals surface area contributed by atoms with Crippen molar-refractivity contribution in [2.24, 2.45) is 4.99 Å². The Kier molecular flexibility index (Phi) is 11.3. The van der Waals surface area contributed by atoms with Crippen molar-refractivity contribution in [1.29, 1.82) is 0 Å². The van der Waals surface area contributed by atoms with Crippen molar-refractivity contribution in [3.8, 4) is 5.75 Å². The van der Waals surface area contributed by atoms with Crippen LogP contribution in [0, 0.1) is 6.92 Å². The van der Waals surface area contributed by atoms with E-state index < -0.39 is 0 Å². The molecule has 0 amide bonds. The number of nitrogens with zero attached hydrogens (tertiary/aromatic N) is 1. The molecular formula is C19H28IN3O2S. The number of hydrogen-bond acceptors (Lipinski definition) is 4. The number of aliphatic imine (C=N–C) groups is 1. The van der Waals surface area contributed by atoms with E-state index in [1.165, 1.54) is 11.1 Å². The highest BCUT2D eigenvalue weighted by molar-refractivity contribution is 14.0. The average molecular weight is 489 g/mol. The molecule has 0 aliphatic rings. The van der Waals surface area contributed by atoms with Crippen LogP contribution < -0.4 is 15.4 Å². The van der Waals surface area contributed by atoms with Gasteiger partial charge in [0.25, 0.3) is 0 Å². The van der Waals surface area contributed by atoms with Gasteiger partial charge in [0.15, 0.2) is 5.96 Å². The zero-order chi connectivity index (χ0) is 17.9. The summed E-state index contributed by atoms with van der Waals surface area (Å²) in [4.78, 5) is 4.63. The van der Waals surface area contributed by atoms with Crippen molar-refractivity contribution < 1.29 is 9.47 Å². The second-order valence-electron chi connectivity index (χ2n) is 5.63. The molecule has 0 spiro atoms. The monoisotopic (exact) mass is 489 g/mol. The molecular weight excluding hydrogens is 461 g/mol. The SMILES string of the molecule is CCNC(=NCc1ccsc1)NCc1ccc(C)cc1OCCOC.I. The van der Waals surface area contributed by atoms with Gasteiger partial charge in [0.2, 0.25) is 0 Å². The first-order valence-corrected chi connectivity index (χ1v) is 9.41. The minimum atomic E-state index is 0. The summed E-state index contributed by atoms with van der Waals surface area (Å²) in [7, 11) is 1.68. The molecule has 5 nitrogen and oxygen atoms in total. The lowest BCUT2D eigenvalue weighted by molar-refractivity contribution is 0.145. The summed E-state index contributed by atoms with van der Waals surface area (Å²) in [6.07, 6.45) is 0. The van der Waals surface area contributed by atoms with Gasteiger partial charge in [-0.2, -0.15) is 11.3 Å². The Morgan fingerprint density at radius 1 is 1.19 bits per heavy atom. The first-order valence-electron chi connectivity index (χ1n) is 8.47. The van der Waals surface area contributed by atoms with E-state index in [2.05, 4.69) is 64.5 Å². The molecule has 0 aliphatic heterocycles. The van der Waals surface area contributed by atoms with Gasteiger partial charge < -0.3 is 20.1 Å². The normalized spacial score (nSPS) is 11.0. The van der Waals surface area contributed by atoms with Crippen LogP contribution in [0.4, 0.5) is 0 Å². The Bertz CT molecular complexity index is 663. The number of nitrogens with one attached hydrogen (secondary N) is 2. The number of benzene rings is 1. The molecule has 1 heterocycles. The lowest BCUT2D eigenvalue weighted by Crippen LogP contribution is -2.36. The number of halogens is 1. The quantitative estimate of drug-likeness (QED) is 0.243. The molecule has 0 radical (unpaired) electrons. The molecule has 0 fully saturated rings. The van der Waals surface area contributed by atoms with Crippen LogP contribution in [-0.2, 0) is 17.8 Å². The molecule has 0 saturated carbocycles.